The van der Waals surface area contributed by atoms with Crippen molar-refractivity contribution in [2.24, 2.45) is 0 Å². The summed E-state index contributed by atoms with van der Waals surface area (Å²) in [5.74, 6) is -0.791. The average molecular weight is 519 g/mol. The van der Waals surface area contributed by atoms with Crippen molar-refractivity contribution >= 4 is 15.7 Å². The van der Waals surface area contributed by atoms with Crippen LogP contribution in [0.2, 0.25) is 0 Å². The highest BCUT2D eigenvalue weighted by atomic mass is 32.2. The smallest absolute Gasteiger partial charge is 0.242 e. The molecule has 0 atom stereocenters. The quantitative estimate of drug-likeness (QED) is 0.339. The number of halogens is 2. The van der Waals surface area contributed by atoms with E-state index in [-0.39, 0.29) is 41.1 Å². The summed E-state index contributed by atoms with van der Waals surface area (Å²) in [6.07, 6.45) is 1.29. The second-order valence-corrected chi connectivity index (χ2v) is 10.3. The number of nitrogens with one attached hydrogen (secondary N) is 1. The van der Waals surface area contributed by atoms with E-state index in [2.05, 4.69) is 14.7 Å². The first-order chi connectivity index (χ1) is 17.2. The molecular weight excluding hydrogens is 490 g/mol. The Hall–Kier alpha value is -3.15. The maximum absolute atomic E-state index is 14.9. The first kappa shape index (κ1) is 25.9. The lowest BCUT2D eigenvalue weighted by Gasteiger charge is -2.34. The minimum Gasteiger partial charge on any atom is -0.486 e. The molecule has 4 rings (SSSR count). The van der Waals surface area contributed by atoms with E-state index in [0.717, 1.165) is 11.8 Å². The van der Waals surface area contributed by atoms with Crippen LogP contribution in [0.5, 0.6) is 5.75 Å². The first-order valence-corrected chi connectivity index (χ1v) is 13.1. The Morgan fingerprint density at radius 2 is 1.92 bits per heavy atom. The second kappa shape index (κ2) is 10.9. The first-order valence-electron chi connectivity index (χ1n) is 11.6. The van der Waals surface area contributed by atoms with E-state index in [0.29, 0.717) is 31.3 Å². The van der Waals surface area contributed by atoms with Gasteiger partial charge in [-0.2, -0.15) is 4.72 Å². The van der Waals surface area contributed by atoms with Crippen molar-refractivity contribution in [3.63, 3.8) is 0 Å². The predicted molar refractivity (Wildman–Crippen MR) is 131 cm³/mol. The van der Waals surface area contributed by atoms with Gasteiger partial charge in [0.25, 0.3) is 0 Å². The molecule has 0 saturated carbocycles. The second-order valence-electron chi connectivity index (χ2n) is 8.53. The fourth-order valence-electron chi connectivity index (χ4n) is 3.94. The maximum atomic E-state index is 14.9. The Kier molecular flexibility index (Phi) is 7.82. The molecule has 36 heavy (non-hydrogen) atoms. The zero-order chi connectivity index (χ0) is 25.9. The summed E-state index contributed by atoms with van der Waals surface area (Å²) in [5.41, 5.74) is 1.55. The number of hydrogen-bond donors (Lipinski definition) is 1. The van der Waals surface area contributed by atoms with Crippen LogP contribution in [0.25, 0.3) is 11.3 Å². The number of ether oxygens (including phenoxy) is 2. The summed E-state index contributed by atoms with van der Waals surface area (Å²) >= 11 is 0. The molecule has 0 aliphatic carbocycles. The van der Waals surface area contributed by atoms with Crippen LogP contribution in [0.3, 0.4) is 0 Å². The maximum Gasteiger partial charge on any atom is 0.242 e. The minimum absolute atomic E-state index is 0.0182. The SMILES string of the molecule is CCOCNS(=O)(=O)c1ccc(Cc2ncc(F)c(-c3cc(F)c4c(c3)N(C(C)C)CCO4)n2)cc1. The lowest BCUT2D eigenvalue weighted by molar-refractivity contribution is 0.144. The molecule has 0 bridgehead atoms. The third kappa shape index (κ3) is 5.63. The predicted octanol–water partition coefficient (Wildman–Crippen LogP) is 3.89. The van der Waals surface area contributed by atoms with Crippen LogP contribution in [-0.2, 0) is 21.2 Å². The van der Waals surface area contributed by atoms with Gasteiger partial charge in [-0.3, -0.25) is 0 Å². The zero-order valence-corrected chi connectivity index (χ0v) is 21.1. The van der Waals surface area contributed by atoms with Crippen LogP contribution in [0.1, 0.15) is 32.2 Å². The molecule has 3 aromatic rings. The summed E-state index contributed by atoms with van der Waals surface area (Å²) in [6, 6.07) is 9.21. The molecule has 1 aromatic heterocycles. The number of sulfonamides is 1. The van der Waals surface area contributed by atoms with E-state index in [1.807, 2.05) is 18.7 Å². The van der Waals surface area contributed by atoms with Crippen molar-refractivity contribution in [2.75, 3.05) is 31.4 Å². The third-order valence-corrected chi connectivity index (χ3v) is 7.14. The molecule has 0 amide bonds. The van der Waals surface area contributed by atoms with Gasteiger partial charge in [0.05, 0.1) is 23.3 Å². The van der Waals surface area contributed by atoms with Gasteiger partial charge < -0.3 is 14.4 Å². The van der Waals surface area contributed by atoms with E-state index in [4.69, 9.17) is 9.47 Å². The monoisotopic (exact) mass is 518 g/mol. The molecule has 1 N–H and O–H groups in total. The number of anilines is 1. The summed E-state index contributed by atoms with van der Waals surface area (Å²) in [7, 11) is -3.70. The molecule has 11 heteroatoms. The fourth-order valence-corrected chi connectivity index (χ4v) is 4.84. The number of hydrogen-bond acceptors (Lipinski definition) is 7. The van der Waals surface area contributed by atoms with Crippen LogP contribution in [0, 0.1) is 11.6 Å². The largest absolute Gasteiger partial charge is 0.486 e. The summed E-state index contributed by atoms with van der Waals surface area (Å²) in [5, 5.41) is 0. The van der Waals surface area contributed by atoms with Crippen molar-refractivity contribution in [1.82, 2.24) is 14.7 Å². The van der Waals surface area contributed by atoms with Gasteiger partial charge >= 0.3 is 0 Å². The molecule has 1 aliphatic rings. The van der Waals surface area contributed by atoms with Gasteiger partial charge in [-0.1, -0.05) is 12.1 Å². The van der Waals surface area contributed by atoms with E-state index in [1.54, 1.807) is 25.1 Å². The van der Waals surface area contributed by atoms with Gasteiger partial charge in [-0.05, 0) is 50.6 Å². The van der Waals surface area contributed by atoms with Gasteiger partial charge in [0.2, 0.25) is 10.0 Å². The number of nitrogens with zero attached hydrogens (tertiary/aromatic N) is 3. The lowest BCUT2D eigenvalue weighted by Crippen LogP contribution is -2.38. The van der Waals surface area contributed by atoms with Crippen LogP contribution in [0.15, 0.2) is 47.5 Å². The van der Waals surface area contributed by atoms with Crippen molar-refractivity contribution in [3.8, 4) is 17.0 Å². The molecule has 0 unspecified atom stereocenters. The Labute approximate surface area is 209 Å². The fraction of sp³-hybridized carbons (Fsp3) is 0.360. The zero-order valence-electron chi connectivity index (χ0n) is 20.3. The Morgan fingerprint density at radius 1 is 1.17 bits per heavy atom. The molecule has 1 aliphatic heterocycles. The summed E-state index contributed by atoms with van der Waals surface area (Å²) in [6.45, 7) is 7.00. The molecule has 0 radical (unpaired) electrons. The highest BCUT2D eigenvalue weighted by Crippen LogP contribution is 2.39. The van der Waals surface area contributed by atoms with E-state index in [1.165, 1.54) is 18.2 Å². The highest BCUT2D eigenvalue weighted by molar-refractivity contribution is 7.89. The van der Waals surface area contributed by atoms with E-state index in [9.17, 15) is 17.2 Å². The van der Waals surface area contributed by atoms with Crippen LogP contribution >= 0.6 is 0 Å². The molecule has 2 heterocycles. The Morgan fingerprint density at radius 3 is 2.61 bits per heavy atom. The van der Waals surface area contributed by atoms with E-state index >= 15 is 0 Å². The van der Waals surface area contributed by atoms with Gasteiger partial charge in [-0.25, -0.2) is 27.2 Å². The van der Waals surface area contributed by atoms with Gasteiger partial charge in [-0.15, -0.1) is 0 Å². The summed E-state index contributed by atoms with van der Waals surface area (Å²) < 4.78 is 67.2. The van der Waals surface area contributed by atoms with Crippen molar-refractivity contribution in [3.05, 3.63) is 65.6 Å². The number of rotatable bonds is 9. The standard InChI is InChI=1S/C25H28F2N4O4S/c1-4-34-15-29-36(32,33)19-7-5-17(6-8-19)11-23-28-14-21(27)24(30-23)18-12-20(26)25-22(13-18)31(16(2)3)9-10-35-25/h5-8,12-14,16,29H,4,9-11,15H2,1-3H3. The molecule has 0 spiro atoms. The molecule has 0 fully saturated rings. The number of aromatic nitrogens is 2. The number of benzene rings is 2. The lowest BCUT2D eigenvalue weighted by atomic mass is 10.1. The highest BCUT2D eigenvalue weighted by Gasteiger charge is 2.25. The Balaban J connectivity index is 1.59. The molecule has 8 nitrogen and oxygen atoms in total. The van der Waals surface area contributed by atoms with Crippen LogP contribution in [-0.4, -0.2) is 50.9 Å². The molecule has 0 saturated heterocycles. The average Bonchev–Trinajstić information content (AvgIpc) is 2.85. The van der Waals surface area contributed by atoms with Gasteiger partial charge in [0, 0.05) is 24.6 Å². The van der Waals surface area contributed by atoms with Crippen molar-refractivity contribution in [1.29, 1.82) is 0 Å². The number of fused-ring (bicyclic) bond motifs is 1. The molecular formula is C25H28F2N4O4S. The van der Waals surface area contributed by atoms with Crippen LogP contribution in [0.4, 0.5) is 14.5 Å². The van der Waals surface area contributed by atoms with E-state index < -0.39 is 21.7 Å². The van der Waals surface area contributed by atoms with Gasteiger partial charge in [0.15, 0.2) is 17.4 Å². The topological polar surface area (TPSA) is 93.6 Å². The van der Waals surface area contributed by atoms with Crippen molar-refractivity contribution in [2.45, 2.75) is 38.1 Å². The Bertz CT molecular complexity index is 1330. The van der Waals surface area contributed by atoms with Crippen molar-refractivity contribution < 1.29 is 26.7 Å². The normalized spacial score (nSPS) is 13.6. The molecule has 2 aromatic carbocycles. The summed E-state index contributed by atoms with van der Waals surface area (Å²) in [4.78, 5) is 10.5. The van der Waals surface area contributed by atoms with Crippen LogP contribution < -0.4 is 14.4 Å². The third-order valence-electron chi connectivity index (χ3n) is 5.75. The molecule has 192 valence electrons. The van der Waals surface area contributed by atoms with Gasteiger partial charge in [0.1, 0.15) is 24.9 Å². The minimum atomic E-state index is -3.70.